The summed E-state index contributed by atoms with van der Waals surface area (Å²) in [6, 6.07) is 12.5. The third-order valence-electron chi connectivity index (χ3n) is 2.85. The van der Waals surface area contributed by atoms with Crippen LogP contribution in [0, 0.1) is 11.3 Å². The predicted molar refractivity (Wildman–Crippen MR) is 68.1 cm³/mol. The second-order valence-electron chi connectivity index (χ2n) is 4.04. The molecule has 2 aromatic carbocycles. The second kappa shape index (κ2) is 5.25. The average Bonchev–Trinajstić information content (AvgIpc) is 2.45. The van der Waals surface area contributed by atoms with Crippen LogP contribution in [0.3, 0.4) is 0 Å². The van der Waals surface area contributed by atoms with Crippen LogP contribution >= 0.6 is 0 Å². The van der Waals surface area contributed by atoms with Gasteiger partial charge in [0.15, 0.2) is 0 Å². The van der Waals surface area contributed by atoms with Gasteiger partial charge in [-0.3, -0.25) is 0 Å². The Morgan fingerprint density at radius 1 is 1.05 bits per heavy atom. The second-order valence-corrected chi connectivity index (χ2v) is 4.04. The van der Waals surface area contributed by atoms with Crippen molar-refractivity contribution in [3.63, 3.8) is 0 Å². The summed E-state index contributed by atoms with van der Waals surface area (Å²) in [5.41, 5.74) is -0.652. The third kappa shape index (κ3) is 2.45. The Hall–Kier alpha value is -2.48. The van der Waals surface area contributed by atoms with Crippen molar-refractivity contribution < 1.29 is 17.9 Å². The molecule has 0 aliphatic rings. The quantitative estimate of drug-likeness (QED) is 0.822. The van der Waals surface area contributed by atoms with Gasteiger partial charge < -0.3 is 4.74 Å². The minimum absolute atomic E-state index is 0.00560. The van der Waals surface area contributed by atoms with Crippen molar-refractivity contribution in [2.24, 2.45) is 0 Å². The van der Waals surface area contributed by atoms with E-state index in [2.05, 4.69) is 0 Å². The average molecular weight is 277 g/mol. The number of ether oxygens (including phenoxy) is 1. The van der Waals surface area contributed by atoms with Crippen molar-refractivity contribution in [2.75, 3.05) is 7.11 Å². The van der Waals surface area contributed by atoms with Gasteiger partial charge in [-0.2, -0.15) is 18.4 Å². The van der Waals surface area contributed by atoms with Crippen LogP contribution in [0.25, 0.3) is 11.1 Å². The summed E-state index contributed by atoms with van der Waals surface area (Å²) in [4.78, 5) is 0. The Morgan fingerprint density at radius 3 is 2.20 bits per heavy atom. The van der Waals surface area contributed by atoms with Crippen molar-refractivity contribution in [3.8, 4) is 22.9 Å². The van der Waals surface area contributed by atoms with E-state index < -0.39 is 17.5 Å². The number of hydrogen-bond donors (Lipinski definition) is 0. The first-order chi connectivity index (χ1) is 9.49. The monoisotopic (exact) mass is 277 g/mol. The Kier molecular flexibility index (Phi) is 3.66. The molecular formula is C15H10F3NO. The first-order valence-corrected chi connectivity index (χ1v) is 5.72. The molecule has 0 saturated heterocycles. The van der Waals surface area contributed by atoms with E-state index in [9.17, 15) is 13.2 Å². The lowest BCUT2D eigenvalue weighted by atomic mass is 9.96. The van der Waals surface area contributed by atoms with Crippen molar-refractivity contribution in [2.45, 2.75) is 6.18 Å². The van der Waals surface area contributed by atoms with Gasteiger partial charge in [0.25, 0.3) is 0 Å². The molecule has 0 aliphatic carbocycles. The molecule has 0 unspecified atom stereocenters. The van der Waals surface area contributed by atoms with Crippen LogP contribution in [0.15, 0.2) is 42.5 Å². The standard InChI is InChI=1S/C15H10F3NO/c1-20-14-11(9-19)7-8-12(13(14)15(16,17)18)10-5-3-2-4-6-10/h2-8H,1H3. The fourth-order valence-corrected chi connectivity index (χ4v) is 2.02. The van der Waals surface area contributed by atoms with Crippen LogP contribution < -0.4 is 4.74 Å². The smallest absolute Gasteiger partial charge is 0.420 e. The minimum Gasteiger partial charge on any atom is -0.495 e. The van der Waals surface area contributed by atoms with E-state index in [1.807, 2.05) is 0 Å². The molecule has 5 heteroatoms. The highest BCUT2D eigenvalue weighted by Crippen LogP contribution is 2.44. The lowest BCUT2D eigenvalue weighted by molar-refractivity contribution is -0.138. The number of halogens is 3. The van der Waals surface area contributed by atoms with Gasteiger partial charge in [0.05, 0.1) is 12.7 Å². The molecule has 0 saturated carbocycles. The molecule has 0 aromatic heterocycles. The summed E-state index contributed by atoms with van der Waals surface area (Å²) in [7, 11) is 1.13. The lowest BCUT2D eigenvalue weighted by Crippen LogP contribution is -2.11. The zero-order chi connectivity index (χ0) is 14.8. The Bertz CT molecular complexity index is 657. The number of nitriles is 1. The normalized spacial score (nSPS) is 10.9. The molecule has 0 bridgehead atoms. The summed E-state index contributed by atoms with van der Waals surface area (Å²) in [5, 5.41) is 8.90. The fraction of sp³-hybridized carbons (Fsp3) is 0.133. The number of alkyl halides is 3. The van der Waals surface area contributed by atoms with Crippen LogP contribution in [0.5, 0.6) is 5.75 Å². The maximum absolute atomic E-state index is 13.3. The highest BCUT2D eigenvalue weighted by Gasteiger charge is 2.38. The van der Waals surface area contributed by atoms with Gasteiger partial charge >= 0.3 is 6.18 Å². The Balaban J connectivity index is 2.80. The van der Waals surface area contributed by atoms with E-state index in [1.165, 1.54) is 12.1 Å². The summed E-state index contributed by atoms with van der Waals surface area (Å²) < 4.78 is 44.7. The summed E-state index contributed by atoms with van der Waals surface area (Å²) in [5.74, 6) is -0.443. The molecule has 0 spiro atoms. The van der Waals surface area contributed by atoms with Crippen molar-refractivity contribution in [1.82, 2.24) is 0 Å². The molecule has 2 aromatic rings. The van der Waals surface area contributed by atoms with E-state index in [0.717, 1.165) is 7.11 Å². The van der Waals surface area contributed by atoms with Gasteiger partial charge in [0.2, 0.25) is 0 Å². The number of hydrogen-bond acceptors (Lipinski definition) is 2. The van der Waals surface area contributed by atoms with Crippen LogP contribution in [-0.2, 0) is 6.18 Å². The summed E-state index contributed by atoms with van der Waals surface area (Å²) >= 11 is 0. The fourth-order valence-electron chi connectivity index (χ4n) is 2.02. The molecule has 0 N–H and O–H groups in total. The molecule has 102 valence electrons. The topological polar surface area (TPSA) is 33.0 Å². The minimum atomic E-state index is -4.61. The number of methoxy groups -OCH3 is 1. The number of benzene rings is 2. The molecular weight excluding hydrogens is 267 g/mol. The highest BCUT2D eigenvalue weighted by molar-refractivity contribution is 5.73. The van der Waals surface area contributed by atoms with Crippen molar-refractivity contribution in [1.29, 1.82) is 5.26 Å². The Morgan fingerprint density at radius 2 is 1.70 bits per heavy atom. The first kappa shape index (κ1) is 13.9. The zero-order valence-corrected chi connectivity index (χ0v) is 10.5. The third-order valence-corrected chi connectivity index (χ3v) is 2.85. The van der Waals surface area contributed by atoms with Gasteiger partial charge in [-0.15, -0.1) is 0 Å². The summed E-state index contributed by atoms with van der Waals surface area (Å²) in [6.45, 7) is 0. The van der Waals surface area contributed by atoms with Crippen LogP contribution in [0.4, 0.5) is 13.2 Å². The van der Waals surface area contributed by atoms with Crippen LogP contribution in [-0.4, -0.2) is 7.11 Å². The van der Waals surface area contributed by atoms with E-state index in [-0.39, 0.29) is 11.1 Å². The summed E-state index contributed by atoms with van der Waals surface area (Å²) in [6.07, 6.45) is -4.61. The SMILES string of the molecule is COc1c(C#N)ccc(-c2ccccc2)c1C(F)(F)F. The van der Waals surface area contributed by atoms with Gasteiger partial charge in [0.1, 0.15) is 17.4 Å². The van der Waals surface area contributed by atoms with E-state index in [0.29, 0.717) is 5.56 Å². The highest BCUT2D eigenvalue weighted by atomic mass is 19.4. The number of nitrogens with zero attached hydrogens (tertiary/aromatic N) is 1. The van der Waals surface area contributed by atoms with Gasteiger partial charge in [-0.05, 0) is 17.2 Å². The maximum atomic E-state index is 13.3. The Labute approximate surface area is 114 Å². The maximum Gasteiger partial charge on any atom is 0.420 e. The van der Waals surface area contributed by atoms with E-state index in [4.69, 9.17) is 10.00 Å². The molecule has 0 aliphatic heterocycles. The van der Waals surface area contributed by atoms with Gasteiger partial charge in [-0.1, -0.05) is 36.4 Å². The van der Waals surface area contributed by atoms with Crippen molar-refractivity contribution >= 4 is 0 Å². The predicted octanol–water partition coefficient (Wildman–Crippen LogP) is 4.25. The molecule has 0 amide bonds. The largest absolute Gasteiger partial charge is 0.495 e. The lowest BCUT2D eigenvalue weighted by Gasteiger charge is -2.17. The van der Waals surface area contributed by atoms with Gasteiger partial charge in [-0.25, -0.2) is 0 Å². The number of rotatable bonds is 2. The molecule has 20 heavy (non-hydrogen) atoms. The molecule has 2 rings (SSSR count). The van der Waals surface area contributed by atoms with Crippen LogP contribution in [0.1, 0.15) is 11.1 Å². The zero-order valence-electron chi connectivity index (χ0n) is 10.5. The molecule has 0 fully saturated rings. The van der Waals surface area contributed by atoms with Crippen LogP contribution in [0.2, 0.25) is 0 Å². The first-order valence-electron chi connectivity index (χ1n) is 5.72. The van der Waals surface area contributed by atoms with E-state index in [1.54, 1.807) is 36.4 Å². The molecule has 0 heterocycles. The molecule has 0 atom stereocenters. The molecule has 0 radical (unpaired) electrons. The van der Waals surface area contributed by atoms with Gasteiger partial charge in [0, 0.05) is 0 Å². The molecule has 2 nitrogen and oxygen atoms in total. The van der Waals surface area contributed by atoms with Crippen molar-refractivity contribution in [3.05, 3.63) is 53.6 Å². The van der Waals surface area contributed by atoms with E-state index >= 15 is 0 Å².